The van der Waals surface area contributed by atoms with E-state index in [1.807, 2.05) is 36.4 Å². The summed E-state index contributed by atoms with van der Waals surface area (Å²) in [6.45, 7) is 5.08. The summed E-state index contributed by atoms with van der Waals surface area (Å²) in [6, 6.07) is 13.0. The number of fused-ring (bicyclic) bond motifs is 1. The monoisotopic (exact) mass is 495 g/mol. The van der Waals surface area contributed by atoms with E-state index in [2.05, 4.69) is 25.1 Å². The third-order valence-electron chi connectivity index (χ3n) is 5.77. The molecule has 9 nitrogen and oxygen atoms in total. The highest BCUT2D eigenvalue weighted by atomic mass is 35.5. The predicted molar refractivity (Wildman–Crippen MR) is 133 cm³/mol. The first-order valence-electron chi connectivity index (χ1n) is 11.4. The lowest BCUT2D eigenvalue weighted by atomic mass is 10.2. The maximum absolute atomic E-state index is 6.04. The Kier molecular flexibility index (Phi) is 7.27. The van der Waals surface area contributed by atoms with Crippen LogP contribution in [-0.4, -0.2) is 71.6 Å². The number of hydrogen-bond acceptors (Lipinski definition) is 8. The average molecular weight is 496 g/mol. The molecule has 2 aromatic heterocycles. The zero-order valence-electron chi connectivity index (χ0n) is 19.4. The van der Waals surface area contributed by atoms with Crippen LogP contribution in [0.3, 0.4) is 0 Å². The van der Waals surface area contributed by atoms with Crippen LogP contribution in [0.1, 0.15) is 6.42 Å². The molecule has 0 unspecified atom stereocenters. The molecule has 182 valence electrons. The highest BCUT2D eigenvalue weighted by Gasteiger charge is 2.15. The van der Waals surface area contributed by atoms with E-state index in [0.29, 0.717) is 45.8 Å². The minimum Gasteiger partial charge on any atom is -0.493 e. The lowest BCUT2D eigenvalue weighted by molar-refractivity contribution is 0.0357. The van der Waals surface area contributed by atoms with Gasteiger partial charge in [-0.1, -0.05) is 23.7 Å². The Morgan fingerprint density at radius 2 is 1.89 bits per heavy atom. The molecule has 0 aliphatic carbocycles. The van der Waals surface area contributed by atoms with E-state index < -0.39 is 0 Å². The maximum atomic E-state index is 6.04. The maximum Gasteiger partial charge on any atom is 0.240 e. The second-order valence-corrected chi connectivity index (χ2v) is 8.52. The molecule has 35 heavy (non-hydrogen) atoms. The van der Waals surface area contributed by atoms with Gasteiger partial charge in [0, 0.05) is 36.8 Å². The quantitative estimate of drug-likeness (QED) is 0.337. The summed E-state index contributed by atoms with van der Waals surface area (Å²) in [5, 5.41) is 8.60. The van der Waals surface area contributed by atoms with E-state index in [0.717, 1.165) is 50.5 Å². The Bertz CT molecular complexity index is 1270. The Balaban J connectivity index is 1.29. The van der Waals surface area contributed by atoms with Gasteiger partial charge in [-0.15, -0.1) is 5.10 Å². The number of nitrogens with one attached hydrogen (secondary N) is 1. The van der Waals surface area contributed by atoms with Gasteiger partial charge in [-0.3, -0.25) is 10.00 Å². The fourth-order valence-corrected chi connectivity index (χ4v) is 4.05. The largest absolute Gasteiger partial charge is 0.493 e. The molecule has 0 saturated carbocycles. The number of H-pyrrole nitrogens is 1. The standard InChI is InChI=1S/C25H26ClN5O4/c1-32-22-13-19-21(14-23(22)34-10-2-7-31-8-11-33-12-9-31)27-16-28-25(19)35-24-15-20(29-30-24)17-3-5-18(26)6-4-17/h3-6,13-16H,2,7-12H2,1H3,(H,29,30). The number of methoxy groups -OCH3 is 1. The van der Waals surface area contributed by atoms with Gasteiger partial charge in [-0.2, -0.15) is 0 Å². The molecule has 1 aliphatic heterocycles. The molecule has 1 N–H and O–H groups in total. The highest BCUT2D eigenvalue weighted by Crippen LogP contribution is 2.36. The third kappa shape index (κ3) is 5.64. The van der Waals surface area contributed by atoms with Crippen molar-refractivity contribution in [1.82, 2.24) is 25.1 Å². The minimum atomic E-state index is 0.376. The second-order valence-electron chi connectivity index (χ2n) is 8.08. The zero-order chi connectivity index (χ0) is 24.0. The fraction of sp³-hybridized carbons (Fsp3) is 0.320. The van der Waals surface area contributed by atoms with Crippen LogP contribution in [0.15, 0.2) is 48.8 Å². The van der Waals surface area contributed by atoms with Crippen molar-refractivity contribution in [2.24, 2.45) is 0 Å². The van der Waals surface area contributed by atoms with E-state index in [4.69, 9.17) is 30.5 Å². The summed E-state index contributed by atoms with van der Waals surface area (Å²) in [6.07, 6.45) is 2.37. The number of rotatable bonds is 9. The van der Waals surface area contributed by atoms with Gasteiger partial charge in [0.15, 0.2) is 11.5 Å². The molecule has 0 amide bonds. The van der Waals surface area contributed by atoms with Crippen LogP contribution in [0.25, 0.3) is 22.2 Å². The van der Waals surface area contributed by atoms with Crippen LogP contribution >= 0.6 is 11.6 Å². The molecule has 5 rings (SSSR count). The van der Waals surface area contributed by atoms with Crippen molar-refractivity contribution < 1.29 is 18.9 Å². The van der Waals surface area contributed by atoms with E-state index >= 15 is 0 Å². The van der Waals surface area contributed by atoms with Gasteiger partial charge >= 0.3 is 0 Å². The lowest BCUT2D eigenvalue weighted by Crippen LogP contribution is -2.37. The van der Waals surface area contributed by atoms with E-state index in [-0.39, 0.29) is 0 Å². The summed E-state index contributed by atoms with van der Waals surface area (Å²) >= 11 is 5.98. The number of aromatic nitrogens is 4. The number of hydrogen-bond donors (Lipinski definition) is 1. The van der Waals surface area contributed by atoms with Crippen molar-refractivity contribution >= 4 is 22.5 Å². The molecule has 1 fully saturated rings. The Labute approximate surface area is 207 Å². The molecule has 1 aliphatic rings. The topological polar surface area (TPSA) is 94.6 Å². The normalized spacial score (nSPS) is 14.2. The first-order chi connectivity index (χ1) is 17.2. The van der Waals surface area contributed by atoms with Crippen molar-refractivity contribution in [2.75, 3.05) is 46.6 Å². The number of nitrogens with zero attached hydrogens (tertiary/aromatic N) is 4. The highest BCUT2D eigenvalue weighted by molar-refractivity contribution is 6.30. The minimum absolute atomic E-state index is 0.376. The lowest BCUT2D eigenvalue weighted by Gasteiger charge is -2.26. The molecule has 2 aromatic carbocycles. The average Bonchev–Trinajstić information content (AvgIpc) is 3.36. The molecule has 0 bridgehead atoms. The van der Waals surface area contributed by atoms with Crippen molar-refractivity contribution in [3.63, 3.8) is 0 Å². The smallest absolute Gasteiger partial charge is 0.240 e. The molecular weight excluding hydrogens is 470 g/mol. The number of aromatic amines is 1. The number of benzene rings is 2. The zero-order valence-corrected chi connectivity index (χ0v) is 20.1. The van der Waals surface area contributed by atoms with Crippen LogP contribution < -0.4 is 14.2 Å². The molecule has 0 spiro atoms. The summed E-state index contributed by atoms with van der Waals surface area (Å²) < 4.78 is 23.0. The van der Waals surface area contributed by atoms with Crippen LogP contribution in [0.5, 0.6) is 23.3 Å². The van der Waals surface area contributed by atoms with Crippen molar-refractivity contribution in [2.45, 2.75) is 6.42 Å². The molecular formula is C25H26ClN5O4. The van der Waals surface area contributed by atoms with Gasteiger partial charge in [0.05, 0.1) is 43.5 Å². The van der Waals surface area contributed by atoms with Crippen LogP contribution in [0.4, 0.5) is 0 Å². The van der Waals surface area contributed by atoms with Crippen LogP contribution in [-0.2, 0) is 4.74 Å². The molecule has 1 saturated heterocycles. The van der Waals surface area contributed by atoms with Gasteiger partial charge in [0.2, 0.25) is 11.8 Å². The Hall–Kier alpha value is -3.40. The number of morpholine rings is 1. The van der Waals surface area contributed by atoms with Gasteiger partial charge < -0.3 is 18.9 Å². The first-order valence-corrected chi connectivity index (χ1v) is 11.8. The van der Waals surface area contributed by atoms with Crippen LogP contribution in [0, 0.1) is 0 Å². The first kappa shape index (κ1) is 23.3. The van der Waals surface area contributed by atoms with Gasteiger partial charge in [0.1, 0.15) is 6.33 Å². The molecule has 3 heterocycles. The van der Waals surface area contributed by atoms with Gasteiger partial charge in [0.25, 0.3) is 0 Å². The van der Waals surface area contributed by atoms with E-state index in [1.165, 1.54) is 6.33 Å². The summed E-state index contributed by atoms with van der Waals surface area (Å²) in [5.41, 5.74) is 2.44. The third-order valence-corrected chi connectivity index (χ3v) is 6.03. The van der Waals surface area contributed by atoms with E-state index in [9.17, 15) is 0 Å². The summed E-state index contributed by atoms with van der Waals surface area (Å²) in [4.78, 5) is 11.1. The Morgan fingerprint density at radius 3 is 2.69 bits per heavy atom. The van der Waals surface area contributed by atoms with Gasteiger partial charge in [-0.05, 0) is 30.2 Å². The molecule has 0 radical (unpaired) electrons. The van der Waals surface area contributed by atoms with Crippen molar-refractivity contribution in [3.05, 3.63) is 53.8 Å². The number of ether oxygens (including phenoxy) is 4. The second kappa shape index (κ2) is 10.9. The predicted octanol–water partition coefficient (Wildman–Crippen LogP) is 4.58. The molecule has 4 aromatic rings. The van der Waals surface area contributed by atoms with Crippen molar-refractivity contribution in [3.8, 4) is 34.5 Å². The van der Waals surface area contributed by atoms with Crippen LogP contribution in [0.2, 0.25) is 5.02 Å². The number of halogens is 1. The Morgan fingerprint density at radius 1 is 1.06 bits per heavy atom. The van der Waals surface area contributed by atoms with Gasteiger partial charge in [-0.25, -0.2) is 9.97 Å². The fourth-order valence-electron chi connectivity index (χ4n) is 3.92. The SMILES string of the molecule is COc1cc2c(Oc3cc(-c4ccc(Cl)cc4)[nH]n3)ncnc2cc1OCCCN1CCOCC1. The molecule has 0 atom stereocenters. The molecule has 10 heteroatoms. The van der Waals surface area contributed by atoms with Crippen molar-refractivity contribution in [1.29, 1.82) is 0 Å². The summed E-state index contributed by atoms with van der Waals surface area (Å²) in [5.74, 6) is 1.99. The van der Waals surface area contributed by atoms with E-state index in [1.54, 1.807) is 13.2 Å². The summed E-state index contributed by atoms with van der Waals surface area (Å²) in [7, 11) is 1.61.